The molecule has 43 heavy (non-hydrogen) atoms. The Morgan fingerprint density at radius 3 is 1.44 bits per heavy atom. The number of rotatable bonds is 5. The Labute approximate surface area is 252 Å². The Morgan fingerprint density at radius 2 is 0.860 bits per heavy atom. The molecule has 0 unspecified atom stereocenters. The van der Waals surface area contributed by atoms with Gasteiger partial charge in [0.05, 0.1) is 0 Å². The molecule has 1 aliphatic carbocycles. The van der Waals surface area contributed by atoms with Crippen molar-refractivity contribution in [2.24, 2.45) is 0 Å². The van der Waals surface area contributed by atoms with Gasteiger partial charge in [-0.3, -0.25) is 0 Å². The van der Waals surface area contributed by atoms with E-state index in [0.717, 1.165) is 29.9 Å². The van der Waals surface area contributed by atoms with Gasteiger partial charge in [-0.05, 0) is 104 Å². The standard InChI is InChI=1S/C42H31N/c1-3-11-30(12-4-1)32-19-23-34(24-20-32)43(35-25-21-33(22-26-35)31-13-5-2-6-14-31)36-27-28-41-39-17-8-7-15-37(39)38-16-9-10-18-40(38)42(41)29-36/h1,3-5,7-29H,2,6H2. The average Bonchev–Trinajstić information content (AvgIpc) is 3.10. The van der Waals surface area contributed by atoms with E-state index in [4.69, 9.17) is 0 Å². The zero-order chi connectivity index (χ0) is 28.6. The lowest BCUT2D eigenvalue weighted by atomic mass is 9.94. The Morgan fingerprint density at radius 1 is 0.372 bits per heavy atom. The second kappa shape index (κ2) is 10.8. The Balaban J connectivity index is 1.30. The number of benzene rings is 7. The number of nitrogens with zero attached hydrogens (tertiary/aromatic N) is 1. The fourth-order valence-corrected chi connectivity index (χ4v) is 6.55. The topological polar surface area (TPSA) is 3.24 Å². The molecule has 0 bridgehead atoms. The van der Waals surface area contributed by atoms with Gasteiger partial charge in [0.1, 0.15) is 0 Å². The summed E-state index contributed by atoms with van der Waals surface area (Å²) in [6.45, 7) is 0. The van der Waals surface area contributed by atoms with E-state index >= 15 is 0 Å². The lowest BCUT2D eigenvalue weighted by Crippen LogP contribution is -2.10. The van der Waals surface area contributed by atoms with Gasteiger partial charge in [-0.25, -0.2) is 0 Å². The molecule has 0 radical (unpaired) electrons. The molecule has 7 aromatic rings. The first-order chi connectivity index (χ1) is 21.3. The van der Waals surface area contributed by atoms with Crippen LogP contribution in [0.15, 0.2) is 164 Å². The van der Waals surface area contributed by atoms with Crippen LogP contribution in [-0.4, -0.2) is 0 Å². The fraction of sp³-hybridized carbons (Fsp3) is 0.0476. The van der Waals surface area contributed by atoms with E-state index in [9.17, 15) is 0 Å². The van der Waals surface area contributed by atoms with Crippen molar-refractivity contribution in [3.63, 3.8) is 0 Å². The fourth-order valence-electron chi connectivity index (χ4n) is 6.55. The highest BCUT2D eigenvalue weighted by Crippen LogP contribution is 2.41. The molecule has 204 valence electrons. The van der Waals surface area contributed by atoms with Gasteiger partial charge in [-0.1, -0.05) is 127 Å². The van der Waals surface area contributed by atoms with Crippen molar-refractivity contribution in [3.05, 3.63) is 169 Å². The van der Waals surface area contributed by atoms with Crippen LogP contribution in [0, 0.1) is 0 Å². The lowest BCUT2D eigenvalue weighted by molar-refractivity contribution is 1.04. The van der Waals surface area contributed by atoms with Crippen molar-refractivity contribution in [3.8, 4) is 11.1 Å². The third kappa shape index (κ3) is 4.60. The minimum Gasteiger partial charge on any atom is -0.310 e. The van der Waals surface area contributed by atoms with Crippen molar-refractivity contribution in [1.82, 2.24) is 0 Å². The van der Waals surface area contributed by atoms with Crippen molar-refractivity contribution >= 4 is 55.0 Å². The van der Waals surface area contributed by atoms with Crippen molar-refractivity contribution in [2.45, 2.75) is 12.8 Å². The summed E-state index contributed by atoms with van der Waals surface area (Å²) in [5.41, 5.74) is 8.42. The minimum absolute atomic E-state index is 1.10. The molecule has 0 heterocycles. The summed E-state index contributed by atoms with van der Waals surface area (Å²) in [6, 6.07) is 53.1. The van der Waals surface area contributed by atoms with Gasteiger partial charge in [0.25, 0.3) is 0 Å². The van der Waals surface area contributed by atoms with E-state index < -0.39 is 0 Å². The summed E-state index contributed by atoms with van der Waals surface area (Å²) >= 11 is 0. The van der Waals surface area contributed by atoms with E-state index in [1.165, 1.54) is 54.6 Å². The molecule has 1 heteroatoms. The van der Waals surface area contributed by atoms with Crippen molar-refractivity contribution < 1.29 is 0 Å². The Kier molecular flexibility index (Phi) is 6.35. The first kappa shape index (κ1) is 25.3. The van der Waals surface area contributed by atoms with E-state index in [-0.39, 0.29) is 0 Å². The van der Waals surface area contributed by atoms with Crippen LogP contribution >= 0.6 is 0 Å². The van der Waals surface area contributed by atoms with Crippen LogP contribution in [0.2, 0.25) is 0 Å². The highest BCUT2D eigenvalue weighted by molar-refractivity contribution is 6.25. The molecule has 0 fully saturated rings. The summed E-state index contributed by atoms with van der Waals surface area (Å²) in [5, 5.41) is 7.71. The zero-order valence-corrected chi connectivity index (χ0v) is 23.9. The van der Waals surface area contributed by atoms with Crippen LogP contribution in [0.25, 0.3) is 49.0 Å². The Hall–Kier alpha value is -5.40. The van der Waals surface area contributed by atoms with Crippen LogP contribution in [0.5, 0.6) is 0 Å². The number of allylic oxidation sites excluding steroid dienone is 4. The first-order valence-corrected chi connectivity index (χ1v) is 15.1. The molecule has 1 nitrogen and oxygen atoms in total. The van der Waals surface area contributed by atoms with Gasteiger partial charge in [0, 0.05) is 17.1 Å². The van der Waals surface area contributed by atoms with Crippen LogP contribution in [0.3, 0.4) is 0 Å². The number of hydrogen-bond acceptors (Lipinski definition) is 1. The number of hydrogen-bond donors (Lipinski definition) is 0. The largest absolute Gasteiger partial charge is 0.310 e. The van der Waals surface area contributed by atoms with Gasteiger partial charge in [0.2, 0.25) is 0 Å². The van der Waals surface area contributed by atoms with Crippen LogP contribution in [0.1, 0.15) is 18.4 Å². The van der Waals surface area contributed by atoms with Gasteiger partial charge in [-0.15, -0.1) is 0 Å². The maximum absolute atomic E-state index is 2.38. The smallest absolute Gasteiger partial charge is 0.0468 e. The minimum atomic E-state index is 1.10. The summed E-state index contributed by atoms with van der Waals surface area (Å²) < 4.78 is 0. The second-order valence-electron chi connectivity index (χ2n) is 11.3. The summed E-state index contributed by atoms with van der Waals surface area (Å²) in [5.74, 6) is 0. The summed E-state index contributed by atoms with van der Waals surface area (Å²) in [6.07, 6.45) is 9.09. The molecule has 0 N–H and O–H groups in total. The SMILES string of the molecule is C1=CC(c2ccc(N(c3ccc(-c4ccccc4)cc3)c3ccc4c5ccccc5c5ccccc5c4c3)cc2)=CCC1. The molecular formula is C42H31N. The monoisotopic (exact) mass is 549 g/mol. The zero-order valence-electron chi connectivity index (χ0n) is 23.9. The van der Waals surface area contributed by atoms with E-state index in [2.05, 4.69) is 169 Å². The summed E-state index contributed by atoms with van der Waals surface area (Å²) in [7, 11) is 0. The predicted molar refractivity (Wildman–Crippen MR) is 185 cm³/mol. The molecule has 7 aromatic carbocycles. The maximum atomic E-state index is 2.38. The molecule has 0 amide bonds. The van der Waals surface area contributed by atoms with Crippen LogP contribution < -0.4 is 4.90 Å². The van der Waals surface area contributed by atoms with E-state index in [0.29, 0.717) is 0 Å². The predicted octanol–water partition coefficient (Wildman–Crippen LogP) is 12.0. The normalized spacial score (nSPS) is 13.0. The first-order valence-electron chi connectivity index (χ1n) is 15.1. The number of fused-ring (bicyclic) bond motifs is 6. The second-order valence-corrected chi connectivity index (χ2v) is 11.3. The average molecular weight is 550 g/mol. The van der Waals surface area contributed by atoms with Gasteiger partial charge in [0.15, 0.2) is 0 Å². The Bertz CT molecular complexity index is 2120. The molecule has 8 rings (SSSR count). The van der Waals surface area contributed by atoms with Crippen LogP contribution in [-0.2, 0) is 0 Å². The molecule has 0 spiro atoms. The summed E-state index contributed by atoms with van der Waals surface area (Å²) in [4.78, 5) is 2.38. The maximum Gasteiger partial charge on any atom is 0.0468 e. The van der Waals surface area contributed by atoms with E-state index in [1.54, 1.807) is 0 Å². The molecule has 0 aliphatic heterocycles. The molecular weight excluding hydrogens is 518 g/mol. The molecule has 0 aromatic heterocycles. The molecule has 0 saturated heterocycles. The van der Waals surface area contributed by atoms with Crippen LogP contribution in [0.4, 0.5) is 17.1 Å². The lowest BCUT2D eigenvalue weighted by Gasteiger charge is -2.27. The quantitative estimate of drug-likeness (QED) is 0.193. The van der Waals surface area contributed by atoms with Gasteiger partial charge in [-0.2, -0.15) is 0 Å². The van der Waals surface area contributed by atoms with E-state index in [1.807, 2.05) is 0 Å². The van der Waals surface area contributed by atoms with Gasteiger partial charge >= 0.3 is 0 Å². The third-order valence-corrected chi connectivity index (χ3v) is 8.67. The molecule has 1 aliphatic rings. The highest BCUT2D eigenvalue weighted by Gasteiger charge is 2.16. The van der Waals surface area contributed by atoms with Gasteiger partial charge < -0.3 is 4.90 Å². The number of anilines is 3. The third-order valence-electron chi connectivity index (χ3n) is 8.67. The highest BCUT2D eigenvalue weighted by atomic mass is 15.1. The van der Waals surface area contributed by atoms with Crippen molar-refractivity contribution in [2.75, 3.05) is 4.90 Å². The molecule has 0 saturated carbocycles. The van der Waals surface area contributed by atoms with Crippen molar-refractivity contribution in [1.29, 1.82) is 0 Å². The molecule has 0 atom stereocenters.